The summed E-state index contributed by atoms with van der Waals surface area (Å²) >= 11 is 5.92. The Morgan fingerprint density at radius 3 is 2.25 bits per heavy atom. The maximum atomic E-state index is 12.4. The van der Waals surface area contributed by atoms with Crippen molar-refractivity contribution in [2.75, 3.05) is 19.5 Å². The van der Waals surface area contributed by atoms with Gasteiger partial charge in [0, 0.05) is 28.9 Å². The van der Waals surface area contributed by atoms with Gasteiger partial charge < -0.3 is 19.5 Å². The fourth-order valence-corrected chi connectivity index (χ4v) is 2.34. The molecule has 128 valence electrons. The highest BCUT2D eigenvalue weighted by Gasteiger charge is 2.17. The van der Waals surface area contributed by atoms with Crippen LogP contribution in [0.5, 0.6) is 17.2 Å². The molecule has 1 N–H and O–H groups in total. The van der Waals surface area contributed by atoms with E-state index in [1.807, 2.05) is 6.92 Å². The van der Waals surface area contributed by atoms with Gasteiger partial charge in [0.05, 0.1) is 14.2 Å². The van der Waals surface area contributed by atoms with Crippen molar-refractivity contribution in [3.05, 3.63) is 47.0 Å². The van der Waals surface area contributed by atoms with Crippen molar-refractivity contribution >= 4 is 23.2 Å². The first kappa shape index (κ1) is 17.9. The number of aryl methyl sites for hydroxylation is 1. The minimum absolute atomic E-state index is 0.278. The minimum Gasteiger partial charge on any atom is -0.497 e. The van der Waals surface area contributed by atoms with Crippen molar-refractivity contribution in [2.45, 2.75) is 20.0 Å². The summed E-state index contributed by atoms with van der Waals surface area (Å²) in [6.07, 6.45) is -0.679. The van der Waals surface area contributed by atoms with E-state index in [0.717, 1.165) is 5.56 Å². The van der Waals surface area contributed by atoms with E-state index in [2.05, 4.69) is 5.32 Å². The van der Waals surface area contributed by atoms with Crippen LogP contribution in [0, 0.1) is 6.92 Å². The van der Waals surface area contributed by atoms with E-state index in [-0.39, 0.29) is 5.91 Å². The molecule has 5 nitrogen and oxygen atoms in total. The Bertz CT molecular complexity index is 711. The highest BCUT2D eigenvalue weighted by molar-refractivity contribution is 6.30. The third kappa shape index (κ3) is 4.55. The molecule has 24 heavy (non-hydrogen) atoms. The first-order valence-electron chi connectivity index (χ1n) is 7.39. The van der Waals surface area contributed by atoms with Crippen LogP contribution in [0.15, 0.2) is 36.4 Å². The number of ether oxygens (including phenoxy) is 3. The van der Waals surface area contributed by atoms with E-state index in [1.54, 1.807) is 57.5 Å². The molecule has 0 aliphatic heterocycles. The molecule has 0 bridgehead atoms. The average molecular weight is 350 g/mol. The summed E-state index contributed by atoms with van der Waals surface area (Å²) in [4.78, 5) is 12.4. The molecule has 6 heteroatoms. The zero-order valence-corrected chi connectivity index (χ0v) is 14.8. The van der Waals surface area contributed by atoms with Crippen LogP contribution in [0.2, 0.25) is 5.02 Å². The van der Waals surface area contributed by atoms with E-state index in [9.17, 15) is 4.79 Å². The van der Waals surface area contributed by atoms with Gasteiger partial charge in [0.1, 0.15) is 17.2 Å². The van der Waals surface area contributed by atoms with Crippen LogP contribution in [-0.2, 0) is 4.79 Å². The molecule has 0 aliphatic carbocycles. The lowest BCUT2D eigenvalue weighted by Crippen LogP contribution is -2.30. The van der Waals surface area contributed by atoms with Gasteiger partial charge in [-0.1, -0.05) is 11.6 Å². The van der Waals surface area contributed by atoms with E-state index in [0.29, 0.717) is 28.0 Å². The summed E-state index contributed by atoms with van der Waals surface area (Å²) in [6.45, 7) is 3.56. The predicted octanol–water partition coefficient (Wildman–Crippen LogP) is 4.07. The number of halogens is 1. The summed E-state index contributed by atoms with van der Waals surface area (Å²) in [7, 11) is 3.10. The standard InChI is InChI=1S/C18H20ClNO4/c1-11-7-13(19)5-6-17(11)24-12(2)18(21)20-14-8-15(22-3)10-16(9-14)23-4/h5-10,12H,1-4H3,(H,20,21)/t12-/m0/s1. The molecule has 2 aromatic carbocycles. The molecular weight excluding hydrogens is 330 g/mol. The Kier molecular flexibility index (Phi) is 5.93. The monoisotopic (exact) mass is 349 g/mol. The van der Waals surface area contributed by atoms with Gasteiger partial charge in [-0.2, -0.15) is 0 Å². The van der Waals surface area contributed by atoms with Gasteiger partial charge in [-0.15, -0.1) is 0 Å². The number of nitrogens with one attached hydrogen (secondary N) is 1. The molecule has 2 aromatic rings. The lowest BCUT2D eigenvalue weighted by atomic mass is 10.2. The number of carbonyl (C=O) groups excluding carboxylic acids is 1. The van der Waals surface area contributed by atoms with Gasteiger partial charge in [-0.3, -0.25) is 4.79 Å². The van der Waals surface area contributed by atoms with Crippen LogP contribution in [0.4, 0.5) is 5.69 Å². The van der Waals surface area contributed by atoms with Gasteiger partial charge in [-0.05, 0) is 37.6 Å². The highest BCUT2D eigenvalue weighted by atomic mass is 35.5. The van der Waals surface area contributed by atoms with Gasteiger partial charge in [0.25, 0.3) is 5.91 Å². The molecule has 0 spiro atoms. The molecule has 0 aliphatic rings. The first-order valence-corrected chi connectivity index (χ1v) is 7.77. The lowest BCUT2D eigenvalue weighted by Gasteiger charge is -2.17. The first-order chi connectivity index (χ1) is 11.4. The van der Waals surface area contributed by atoms with Crippen LogP contribution in [0.1, 0.15) is 12.5 Å². The number of methoxy groups -OCH3 is 2. The fraction of sp³-hybridized carbons (Fsp3) is 0.278. The summed E-state index contributed by atoms with van der Waals surface area (Å²) in [5.41, 5.74) is 1.43. The Morgan fingerprint density at radius 1 is 1.08 bits per heavy atom. The Morgan fingerprint density at radius 2 is 1.71 bits per heavy atom. The van der Waals surface area contributed by atoms with Crippen LogP contribution >= 0.6 is 11.6 Å². The van der Waals surface area contributed by atoms with Gasteiger partial charge in [-0.25, -0.2) is 0 Å². The van der Waals surface area contributed by atoms with Crippen LogP contribution in [0.3, 0.4) is 0 Å². The number of amides is 1. The topological polar surface area (TPSA) is 56.8 Å². The molecule has 1 atom stereocenters. The van der Waals surface area contributed by atoms with E-state index < -0.39 is 6.10 Å². The molecular formula is C18H20ClNO4. The molecule has 0 fully saturated rings. The lowest BCUT2D eigenvalue weighted by molar-refractivity contribution is -0.122. The molecule has 0 unspecified atom stereocenters. The fourth-order valence-electron chi connectivity index (χ4n) is 2.11. The number of carbonyl (C=O) groups is 1. The molecule has 1 amide bonds. The SMILES string of the molecule is COc1cc(NC(=O)[C@H](C)Oc2ccc(Cl)cc2C)cc(OC)c1. The van der Waals surface area contributed by atoms with Gasteiger partial charge in [0.15, 0.2) is 6.10 Å². The van der Waals surface area contributed by atoms with Crippen molar-refractivity contribution in [2.24, 2.45) is 0 Å². The Labute approximate surface area is 146 Å². The van der Waals surface area contributed by atoms with Crippen molar-refractivity contribution < 1.29 is 19.0 Å². The molecule has 2 rings (SSSR count). The number of anilines is 1. The van der Waals surface area contributed by atoms with Gasteiger partial charge in [0.2, 0.25) is 0 Å². The minimum atomic E-state index is -0.679. The van der Waals surface area contributed by atoms with Crippen molar-refractivity contribution in [3.63, 3.8) is 0 Å². The zero-order valence-electron chi connectivity index (χ0n) is 14.1. The quantitative estimate of drug-likeness (QED) is 0.854. The maximum absolute atomic E-state index is 12.4. The molecule has 0 radical (unpaired) electrons. The van der Waals surface area contributed by atoms with Crippen LogP contribution in [0.25, 0.3) is 0 Å². The zero-order chi connectivity index (χ0) is 17.7. The summed E-state index contributed by atoms with van der Waals surface area (Å²) < 4.78 is 16.1. The molecule has 0 aromatic heterocycles. The molecule has 0 saturated carbocycles. The second-order valence-corrected chi connectivity index (χ2v) is 5.70. The van der Waals surface area contributed by atoms with Crippen molar-refractivity contribution in [1.29, 1.82) is 0 Å². The third-order valence-electron chi connectivity index (χ3n) is 3.43. The number of benzene rings is 2. The van der Waals surface area contributed by atoms with Gasteiger partial charge >= 0.3 is 0 Å². The van der Waals surface area contributed by atoms with Crippen molar-refractivity contribution in [1.82, 2.24) is 0 Å². The normalized spacial score (nSPS) is 11.5. The van der Waals surface area contributed by atoms with Crippen molar-refractivity contribution in [3.8, 4) is 17.2 Å². The van der Waals surface area contributed by atoms with Crippen LogP contribution < -0.4 is 19.5 Å². The number of rotatable bonds is 6. The second kappa shape index (κ2) is 7.93. The maximum Gasteiger partial charge on any atom is 0.265 e. The smallest absolute Gasteiger partial charge is 0.265 e. The summed E-state index contributed by atoms with van der Waals surface area (Å²) in [6, 6.07) is 10.4. The third-order valence-corrected chi connectivity index (χ3v) is 3.66. The molecule has 0 saturated heterocycles. The number of hydrogen-bond acceptors (Lipinski definition) is 4. The second-order valence-electron chi connectivity index (χ2n) is 5.26. The Balaban J connectivity index is 2.08. The predicted molar refractivity (Wildman–Crippen MR) is 94.5 cm³/mol. The highest BCUT2D eigenvalue weighted by Crippen LogP contribution is 2.26. The largest absolute Gasteiger partial charge is 0.497 e. The number of hydrogen-bond donors (Lipinski definition) is 1. The Hall–Kier alpha value is -2.40. The summed E-state index contributed by atoms with van der Waals surface area (Å²) in [5.74, 6) is 1.52. The van der Waals surface area contributed by atoms with Crippen LogP contribution in [-0.4, -0.2) is 26.2 Å². The average Bonchev–Trinajstić information content (AvgIpc) is 2.56. The molecule has 0 heterocycles. The summed E-state index contributed by atoms with van der Waals surface area (Å²) in [5, 5.41) is 3.42. The van der Waals surface area contributed by atoms with E-state index >= 15 is 0 Å². The van der Waals surface area contributed by atoms with E-state index in [1.165, 1.54) is 0 Å². The van der Waals surface area contributed by atoms with E-state index in [4.69, 9.17) is 25.8 Å².